The lowest BCUT2D eigenvalue weighted by molar-refractivity contribution is 0.294. The summed E-state index contributed by atoms with van der Waals surface area (Å²) in [6.07, 6.45) is 1.66. The van der Waals surface area contributed by atoms with Crippen molar-refractivity contribution >= 4 is 5.82 Å². The zero-order chi connectivity index (χ0) is 12.7. The molecule has 0 saturated heterocycles. The molecule has 1 atom stereocenters. The zero-order valence-corrected chi connectivity index (χ0v) is 10.8. The number of nitriles is 1. The van der Waals surface area contributed by atoms with Crippen LogP contribution in [0.2, 0.25) is 0 Å². The van der Waals surface area contributed by atoms with Crippen LogP contribution >= 0.6 is 0 Å². The Morgan fingerprint density at radius 3 is 2.76 bits per heavy atom. The maximum atomic E-state index is 8.80. The molecule has 0 aliphatic rings. The van der Waals surface area contributed by atoms with Crippen LogP contribution in [-0.4, -0.2) is 35.6 Å². The van der Waals surface area contributed by atoms with E-state index in [1.165, 1.54) is 0 Å². The van der Waals surface area contributed by atoms with E-state index in [0.717, 1.165) is 25.5 Å². The topological polar surface area (TPSA) is 52.0 Å². The second kappa shape index (κ2) is 6.87. The number of hydrogen-bond acceptors (Lipinski definition) is 4. The summed E-state index contributed by atoms with van der Waals surface area (Å²) in [5, 5.41) is 12.1. The molecule has 1 unspecified atom stereocenters. The van der Waals surface area contributed by atoms with Crippen LogP contribution < -0.4 is 5.32 Å². The molecule has 1 aromatic rings. The second-order valence-corrected chi connectivity index (χ2v) is 4.07. The summed E-state index contributed by atoms with van der Waals surface area (Å²) < 4.78 is 0. The lowest BCUT2D eigenvalue weighted by Gasteiger charge is -2.23. The molecule has 1 rings (SSSR count). The first kappa shape index (κ1) is 13.5. The minimum atomic E-state index is 0.316. The normalized spacial score (nSPS) is 12.2. The smallest absolute Gasteiger partial charge is 0.127 e. The van der Waals surface area contributed by atoms with Crippen LogP contribution in [0.25, 0.3) is 0 Å². The van der Waals surface area contributed by atoms with Gasteiger partial charge in [0.25, 0.3) is 0 Å². The Morgan fingerprint density at radius 1 is 1.47 bits per heavy atom. The summed E-state index contributed by atoms with van der Waals surface area (Å²) in [4.78, 5) is 6.56. The van der Waals surface area contributed by atoms with Crippen molar-refractivity contribution in [3.63, 3.8) is 0 Å². The first-order chi connectivity index (χ1) is 8.19. The lowest BCUT2D eigenvalue weighted by Crippen LogP contribution is -2.34. The van der Waals surface area contributed by atoms with Gasteiger partial charge in [-0.05, 0) is 32.1 Å². The first-order valence-corrected chi connectivity index (χ1v) is 6.04. The van der Waals surface area contributed by atoms with Crippen molar-refractivity contribution in [1.29, 1.82) is 5.26 Å². The van der Waals surface area contributed by atoms with Gasteiger partial charge in [-0.2, -0.15) is 5.26 Å². The number of anilines is 1. The fourth-order valence-electron chi connectivity index (χ4n) is 1.75. The Morgan fingerprint density at radius 2 is 2.18 bits per heavy atom. The number of rotatable bonds is 6. The maximum absolute atomic E-state index is 8.80. The molecular formula is C13H20N4. The van der Waals surface area contributed by atoms with Crippen molar-refractivity contribution in [2.24, 2.45) is 0 Å². The van der Waals surface area contributed by atoms with E-state index in [2.05, 4.69) is 42.0 Å². The van der Waals surface area contributed by atoms with Crippen molar-refractivity contribution in [1.82, 2.24) is 9.88 Å². The van der Waals surface area contributed by atoms with Gasteiger partial charge in [0.1, 0.15) is 5.82 Å². The van der Waals surface area contributed by atoms with Crippen LogP contribution in [0.4, 0.5) is 5.82 Å². The molecule has 0 bridgehead atoms. The summed E-state index contributed by atoms with van der Waals surface area (Å²) in [6.45, 7) is 9.52. The standard InChI is InChI=1S/C13H20N4/c1-4-17(5-2)10-11(3)16-13-8-12(9-14)6-7-15-13/h6-8,11H,4-5,10H2,1-3H3,(H,15,16). The second-order valence-electron chi connectivity index (χ2n) is 4.07. The molecule has 0 aromatic carbocycles. The number of hydrogen-bond donors (Lipinski definition) is 1. The van der Waals surface area contributed by atoms with Crippen LogP contribution in [0.5, 0.6) is 0 Å². The molecule has 17 heavy (non-hydrogen) atoms. The minimum Gasteiger partial charge on any atom is -0.366 e. The fraction of sp³-hybridized carbons (Fsp3) is 0.538. The zero-order valence-electron chi connectivity index (χ0n) is 10.8. The largest absolute Gasteiger partial charge is 0.366 e. The predicted octanol–water partition coefficient (Wildman–Crippen LogP) is 2.10. The van der Waals surface area contributed by atoms with E-state index in [9.17, 15) is 0 Å². The molecule has 0 aliphatic heterocycles. The van der Waals surface area contributed by atoms with Crippen LogP contribution in [0.15, 0.2) is 18.3 Å². The van der Waals surface area contributed by atoms with Crippen molar-refractivity contribution in [2.75, 3.05) is 25.0 Å². The number of likely N-dealkylation sites (N-methyl/N-ethyl adjacent to an activating group) is 1. The van der Waals surface area contributed by atoms with Gasteiger partial charge >= 0.3 is 0 Å². The van der Waals surface area contributed by atoms with Gasteiger partial charge in [-0.25, -0.2) is 4.98 Å². The van der Waals surface area contributed by atoms with E-state index >= 15 is 0 Å². The summed E-state index contributed by atoms with van der Waals surface area (Å²) in [5.74, 6) is 0.767. The Hall–Kier alpha value is -1.60. The summed E-state index contributed by atoms with van der Waals surface area (Å²) in [5.41, 5.74) is 0.637. The third kappa shape index (κ3) is 4.41. The van der Waals surface area contributed by atoms with Crippen LogP contribution in [0.1, 0.15) is 26.3 Å². The Kier molecular flexibility index (Phi) is 5.44. The van der Waals surface area contributed by atoms with Gasteiger partial charge in [-0.1, -0.05) is 13.8 Å². The quantitative estimate of drug-likeness (QED) is 0.816. The van der Waals surface area contributed by atoms with Crippen molar-refractivity contribution in [2.45, 2.75) is 26.8 Å². The van der Waals surface area contributed by atoms with Crippen molar-refractivity contribution in [3.05, 3.63) is 23.9 Å². The highest BCUT2D eigenvalue weighted by Gasteiger charge is 2.07. The number of pyridine rings is 1. The van der Waals surface area contributed by atoms with Gasteiger partial charge in [0.2, 0.25) is 0 Å². The Bertz CT molecular complexity index is 379. The fourth-order valence-corrected chi connectivity index (χ4v) is 1.75. The number of nitrogens with zero attached hydrogens (tertiary/aromatic N) is 3. The van der Waals surface area contributed by atoms with Crippen LogP contribution in [-0.2, 0) is 0 Å². The third-order valence-corrected chi connectivity index (χ3v) is 2.71. The van der Waals surface area contributed by atoms with E-state index in [4.69, 9.17) is 5.26 Å². The van der Waals surface area contributed by atoms with E-state index < -0.39 is 0 Å². The SMILES string of the molecule is CCN(CC)CC(C)Nc1cc(C#N)ccn1. The molecule has 1 aromatic heterocycles. The van der Waals surface area contributed by atoms with Gasteiger partial charge in [-0.15, -0.1) is 0 Å². The van der Waals surface area contributed by atoms with Gasteiger partial charge in [-0.3, -0.25) is 0 Å². The number of nitrogens with one attached hydrogen (secondary N) is 1. The van der Waals surface area contributed by atoms with E-state index in [-0.39, 0.29) is 0 Å². The summed E-state index contributed by atoms with van der Waals surface area (Å²) in [6, 6.07) is 5.91. The lowest BCUT2D eigenvalue weighted by atomic mass is 10.2. The Balaban J connectivity index is 2.55. The summed E-state index contributed by atoms with van der Waals surface area (Å²) in [7, 11) is 0. The average Bonchev–Trinajstić information content (AvgIpc) is 2.36. The predicted molar refractivity (Wildman–Crippen MR) is 69.8 cm³/mol. The summed E-state index contributed by atoms with van der Waals surface area (Å²) >= 11 is 0. The molecule has 0 fully saturated rings. The highest BCUT2D eigenvalue weighted by molar-refractivity contribution is 5.42. The average molecular weight is 232 g/mol. The highest BCUT2D eigenvalue weighted by atomic mass is 15.1. The molecule has 4 heteroatoms. The molecule has 4 nitrogen and oxygen atoms in total. The molecule has 92 valence electrons. The molecule has 1 heterocycles. The van der Waals surface area contributed by atoms with Gasteiger partial charge in [0.15, 0.2) is 0 Å². The first-order valence-electron chi connectivity index (χ1n) is 6.04. The highest BCUT2D eigenvalue weighted by Crippen LogP contribution is 2.07. The third-order valence-electron chi connectivity index (χ3n) is 2.71. The van der Waals surface area contributed by atoms with Gasteiger partial charge in [0, 0.05) is 18.8 Å². The Labute approximate surface area is 103 Å². The van der Waals surface area contributed by atoms with Gasteiger partial charge < -0.3 is 10.2 Å². The van der Waals surface area contributed by atoms with Gasteiger partial charge in [0.05, 0.1) is 11.6 Å². The molecular weight excluding hydrogens is 212 g/mol. The molecule has 0 spiro atoms. The molecule has 0 aliphatic carbocycles. The van der Waals surface area contributed by atoms with E-state index in [1.807, 2.05) is 0 Å². The van der Waals surface area contributed by atoms with Crippen molar-refractivity contribution in [3.8, 4) is 6.07 Å². The van der Waals surface area contributed by atoms with E-state index in [1.54, 1.807) is 18.3 Å². The maximum Gasteiger partial charge on any atom is 0.127 e. The molecule has 1 N–H and O–H groups in total. The van der Waals surface area contributed by atoms with Crippen molar-refractivity contribution < 1.29 is 0 Å². The minimum absolute atomic E-state index is 0.316. The van der Waals surface area contributed by atoms with Crippen LogP contribution in [0.3, 0.4) is 0 Å². The molecule has 0 saturated carbocycles. The molecule has 0 amide bonds. The van der Waals surface area contributed by atoms with E-state index in [0.29, 0.717) is 11.6 Å². The van der Waals surface area contributed by atoms with Crippen LogP contribution in [0, 0.1) is 11.3 Å². The molecule has 0 radical (unpaired) electrons. The monoisotopic (exact) mass is 232 g/mol. The number of aromatic nitrogens is 1.